The molecule has 2 N–H and O–H groups in total. The number of β-amino-alcohol motifs (C(OH)–C–C–N with tert-alkyl or cyclic N) is 1. The van der Waals surface area contributed by atoms with Gasteiger partial charge in [-0.1, -0.05) is 168 Å². The monoisotopic (exact) mass is 653 g/mol. The van der Waals surface area contributed by atoms with E-state index in [1.54, 1.807) is 0 Å². The third-order valence-corrected chi connectivity index (χ3v) is 9.50. The zero-order chi connectivity index (χ0) is 31.6. The van der Waals surface area contributed by atoms with Crippen molar-refractivity contribution in [3.05, 3.63) is 0 Å². The van der Waals surface area contributed by atoms with Crippen molar-refractivity contribution in [1.82, 2.24) is 4.90 Å². The van der Waals surface area contributed by atoms with Gasteiger partial charge >= 0.3 is 5.97 Å². The molecule has 1 fully saturated rings. The molecule has 0 spiro atoms. The summed E-state index contributed by atoms with van der Waals surface area (Å²) in [6.07, 6.45) is 30.6. The Kier molecular flexibility index (Phi) is 33.7. The van der Waals surface area contributed by atoms with E-state index in [2.05, 4.69) is 13.8 Å². The number of Topliss-reactive ketones (excluding diaryl/α,β-unsaturated/α-hetero) is 1. The average molecular weight is 654 g/mol. The topological polar surface area (TPSA) is 94.9 Å². The molecule has 45 heavy (non-hydrogen) atoms. The van der Waals surface area contributed by atoms with Gasteiger partial charge < -0.3 is 15.1 Å². The first kappa shape index (κ1) is 47.7. The molecule has 0 aromatic carbocycles. The molecule has 0 unspecified atom stereocenters. The van der Waals surface area contributed by atoms with Gasteiger partial charge in [-0.15, -0.1) is 0 Å². The molecule has 1 aliphatic rings. The van der Waals surface area contributed by atoms with E-state index in [9.17, 15) is 24.6 Å². The van der Waals surface area contributed by atoms with E-state index in [4.69, 9.17) is 0 Å². The van der Waals surface area contributed by atoms with E-state index >= 15 is 0 Å². The standard InChI is InChI=1S/C37H69NO5.2Na/c1-3-5-7-9-11-13-15-17-19-21-23-25-27-29-34(40)37(36(42)43)31-33(39)32-38(37)35(41)30-28-26-24-22-20-18-16-14-12-10-8-6-4-2;;/h33,39H,3-32H2,1-2H3,(H,42,43);;/t33-,37-;;/m1../s1. The minimum Gasteiger partial charge on any atom is -0.479 e. The SMILES string of the molecule is CCCCCCCCCCCCCCCC(=O)N1C[C@H](O)C[C@]1(C(=O)O)C(=O)CCCCCCCCCCCCCCC.[Na].[Na]. The molecule has 1 amide bonds. The van der Waals surface area contributed by atoms with Crippen LogP contribution in [0.4, 0.5) is 0 Å². The van der Waals surface area contributed by atoms with Gasteiger partial charge in [-0.05, 0) is 12.8 Å². The summed E-state index contributed by atoms with van der Waals surface area (Å²) in [5, 5.41) is 20.5. The van der Waals surface area contributed by atoms with E-state index < -0.39 is 23.4 Å². The molecule has 2 radical (unpaired) electrons. The largest absolute Gasteiger partial charge is 0.479 e. The summed E-state index contributed by atoms with van der Waals surface area (Å²) in [7, 11) is 0. The molecule has 0 aliphatic carbocycles. The second kappa shape index (κ2) is 31.8. The van der Waals surface area contributed by atoms with E-state index in [1.807, 2.05) is 0 Å². The zero-order valence-electron chi connectivity index (χ0n) is 30.4. The molecule has 0 bridgehead atoms. The van der Waals surface area contributed by atoms with Crippen molar-refractivity contribution in [2.24, 2.45) is 0 Å². The Balaban J connectivity index is 0. The van der Waals surface area contributed by atoms with E-state index in [-0.39, 0.29) is 90.8 Å². The van der Waals surface area contributed by atoms with Gasteiger partial charge in [-0.2, -0.15) is 0 Å². The molecule has 0 aromatic heterocycles. The molecule has 0 saturated carbocycles. The second-order valence-electron chi connectivity index (χ2n) is 13.4. The molecule has 8 heteroatoms. The number of carboxylic acids is 1. The Morgan fingerprint density at radius 3 is 1.20 bits per heavy atom. The molecule has 0 aromatic rings. The van der Waals surface area contributed by atoms with Crippen LogP contribution >= 0.6 is 0 Å². The summed E-state index contributed by atoms with van der Waals surface area (Å²) in [5.41, 5.74) is -1.90. The smallest absolute Gasteiger partial charge is 0.337 e. The summed E-state index contributed by atoms with van der Waals surface area (Å²) in [5.74, 6) is -2.01. The Morgan fingerprint density at radius 1 is 0.556 bits per heavy atom. The molecular weight excluding hydrogens is 584 g/mol. The first-order valence-electron chi connectivity index (χ1n) is 18.6. The number of rotatable bonds is 30. The third kappa shape index (κ3) is 21.3. The Morgan fingerprint density at radius 2 is 0.867 bits per heavy atom. The predicted molar refractivity (Wildman–Crippen MR) is 190 cm³/mol. The minimum absolute atomic E-state index is 0. The van der Waals surface area contributed by atoms with Crippen molar-refractivity contribution in [1.29, 1.82) is 0 Å². The zero-order valence-corrected chi connectivity index (χ0v) is 34.4. The van der Waals surface area contributed by atoms with Gasteiger partial charge in [0.2, 0.25) is 11.4 Å². The number of carbonyl (C=O) groups is 3. The molecule has 1 saturated heterocycles. The Labute approximate surface area is 322 Å². The predicted octanol–water partition coefficient (Wildman–Crippen LogP) is 9.17. The van der Waals surface area contributed by atoms with Crippen molar-refractivity contribution in [2.75, 3.05) is 6.54 Å². The number of amides is 1. The molecule has 6 nitrogen and oxygen atoms in total. The minimum atomic E-state index is -1.90. The first-order chi connectivity index (χ1) is 20.9. The van der Waals surface area contributed by atoms with Gasteiger partial charge in [-0.3, -0.25) is 9.59 Å². The van der Waals surface area contributed by atoms with Crippen LogP contribution in [0.2, 0.25) is 0 Å². The number of carboxylic acid groups (broad SMARTS) is 1. The summed E-state index contributed by atoms with van der Waals surface area (Å²) in [6, 6.07) is 0. The van der Waals surface area contributed by atoms with Crippen molar-refractivity contribution >= 4 is 76.8 Å². The number of ketones is 1. The van der Waals surface area contributed by atoms with Crippen LogP contribution in [0.15, 0.2) is 0 Å². The van der Waals surface area contributed by atoms with Gasteiger partial charge in [-0.25, -0.2) is 4.79 Å². The molecule has 1 rings (SSSR count). The number of hydrogen-bond acceptors (Lipinski definition) is 4. The number of unbranched alkanes of at least 4 members (excludes halogenated alkanes) is 24. The number of aliphatic hydroxyl groups is 1. The maximum absolute atomic E-state index is 13.3. The quantitative estimate of drug-likeness (QED) is 0.0458. The fourth-order valence-corrected chi connectivity index (χ4v) is 6.72. The average Bonchev–Trinajstić information content (AvgIpc) is 3.36. The fraction of sp³-hybridized carbons (Fsp3) is 0.919. The third-order valence-electron chi connectivity index (χ3n) is 9.50. The van der Waals surface area contributed by atoms with E-state index in [1.165, 1.54) is 127 Å². The van der Waals surface area contributed by atoms with Crippen molar-refractivity contribution in [2.45, 2.75) is 212 Å². The fourth-order valence-electron chi connectivity index (χ4n) is 6.72. The summed E-state index contributed by atoms with van der Waals surface area (Å²) < 4.78 is 0. The normalized spacial score (nSPS) is 17.6. The van der Waals surface area contributed by atoms with Crippen LogP contribution in [-0.2, 0) is 14.4 Å². The molecule has 2 atom stereocenters. The van der Waals surface area contributed by atoms with Crippen molar-refractivity contribution in [3.63, 3.8) is 0 Å². The van der Waals surface area contributed by atoms with Crippen LogP contribution in [-0.4, -0.2) is 110 Å². The van der Waals surface area contributed by atoms with Gasteiger partial charge in [0.15, 0.2) is 5.78 Å². The van der Waals surface area contributed by atoms with E-state index in [0.717, 1.165) is 32.1 Å². The van der Waals surface area contributed by atoms with Crippen LogP contribution in [0, 0.1) is 0 Å². The van der Waals surface area contributed by atoms with Crippen LogP contribution in [0.1, 0.15) is 200 Å². The summed E-state index contributed by atoms with van der Waals surface area (Å²) >= 11 is 0. The van der Waals surface area contributed by atoms with Gasteiger partial charge in [0.05, 0.1) is 6.10 Å². The van der Waals surface area contributed by atoms with Gasteiger partial charge in [0.1, 0.15) is 0 Å². The number of nitrogens with zero attached hydrogens (tertiary/aromatic N) is 1. The van der Waals surface area contributed by atoms with Crippen molar-refractivity contribution in [3.8, 4) is 0 Å². The van der Waals surface area contributed by atoms with Crippen LogP contribution < -0.4 is 0 Å². The second-order valence-corrected chi connectivity index (χ2v) is 13.4. The molecule has 1 aliphatic heterocycles. The molecule has 254 valence electrons. The first-order valence-corrected chi connectivity index (χ1v) is 18.6. The molecular formula is C37H69NNa2O5. The van der Waals surface area contributed by atoms with Crippen molar-refractivity contribution < 1.29 is 24.6 Å². The Hall–Kier alpha value is 0.570. The number of carbonyl (C=O) groups excluding carboxylic acids is 2. The number of aliphatic carboxylic acids is 1. The molecule has 1 heterocycles. The number of likely N-dealkylation sites (tertiary alicyclic amines) is 1. The maximum atomic E-state index is 13.3. The number of hydrogen-bond donors (Lipinski definition) is 2. The van der Waals surface area contributed by atoms with Crippen LogP contribution in [0.3, 0.4) is 0 Å². The summed E-state index contributed by atoms with van der Waals surface area (Å²) in [4.78, 5) is 40.0. The maximum Gasteiger partial charge on any atom is 0.337 e. The summed E-state index contributed by atoms with van der Waals surface area (Å²) in [6.45, 7) is 4.43. The van der Waals surface area contributed by atoms with Gasteiger partial charge in [0, 0.05) is 84.9 Å². The van der Waals surface area contributed by atoms with Crippen LogP contribution in [0.25, 0.3) is 0 Å². The van der Waals surface area contributed by atoms with Crippen LogP contribution in [0.5, 0.6) is 0 Å². The van der Waals surface area contributed by atoms with Gasteiger partial charge in [0.25, 0.3) is 0 Å². The number of aliphatic hydroxyl groups excluding tert-OH is 1. The Bertz CT molecular complexity index is 738. The van der Waals surface area contributed by atoms with E-state index in [0.29, 0.717) is 12.8 Å².